The summed E-state index contributed by atoms with van der Waals surface area (Å²) in [7, 11) is 0. The van der Waals surface area contributed by atoms with E-state index in [0.29, 0.717) is 21.2 Å². The van der Waals surface area contributed by atoms with Crippen LogP contribution in [-0.4, -0.2) is 55.7 Å². The number of aromatic nitrogens is 1. The van der Waals surface area contributed by atoms with E-state index in [9.17, 15) is 24.3 Å². The number of hydrogen-bond acceptors (Lipinski definition) is 11. The Labute approximate surface area is 242 Å². The van der Waals surface area contributed by atoms with Gasteiger partial charge in [-0.1, -0.05) is 17.8 Å². The van der Waals surface area contributed by atoms with E-state index >= 15 is 0 Å². The van der Waals surface area contributed by atoms with Crippen molar-refractivity contribution >= 4 is 69.1 Å². The maximum atomic E-state index is 12.7. The molecule has 2 aliphatic heterocycles. The first-order valence-electron chi connectivity index (χ1n) is 8.92. The maximum absolute atomic E-state index is 12.7. The number of nitrogens with one attached hydrogen (secondary N) is 1. The minimum Gasteiger partial charge on any atom is -0.543 e. The summed E-state index contributed by atoms with van der Waals surface area (Å²) in [6.45, 7) is 0. The van der Waals surface area contributed by atoms with Crippen molar-refractivity contribution in [2.45, 2.75) is 17.5 Å². The largest absolute Gasteiger partial charge is 1.00 e. The average Bonchev–Trinajstić information content (AvgIpc) is 3.48. The third-order valence-electron chi connectivity index (χ3n) is 4.65. The molecule has 0 aromatic carbocycles. The van der Waals surface area contributed by atoms with Crippen LogP contribution in [0.1, 0.15) is 20.7 Å². The van der Waals surface area contributed by atoms with Gasteiger partial charge in [0.1, 0.15) is 17.5 Å². The zero-order valence-electron chi connectivity index (χ0n) is 16.7. The third kappa shape index (κ3) is 5.24. The number of carbonyl (C=O) groups excluding carboxylic acids is 4. The summed E-state index contributed by atoms with van der Waals surface area (Å²) < 4.78 is 0. The quantitative estimate of drug-likeness (QED) is 0.284. The van der Waals surface area contributed by atoms with Gasteiger partial charge in [0.2, 0.25) is 11.0 Å². The Kier molecular flexibility index (Phi) is 9.16. The van der Waals surface area contributed by atoms with Gasteiger partial charge in [-0.15, -0.1) is 34.4 Å². The second kappa shape index (κ2) is 11.2. The molecule has 0 spiro atoms. The molecular formula is C18H15KN4O5S4. The SMILES string of the molecule is NC(C(=O)NC1C(=O)N2C(C(=O)[O-])=C(CSC(=O)c3nccs3)CS[C@H]12)c1cccs1.[K+]. The van der Waals surface area contributed by atoms with Gasteiger partial charge in [0, 0.05) is 28.0 Å². The Balaban J connectivity index is 0.00000289. The van der Waals surface area contributed by atoms with Crippen molar-refractivity contribution in [2.24, 2.45) is 5.73 Å². The zero-order valence-corrected chi connectivity index (χ0v) is 23.1. The molecule has 2 aromatic rings. The van der Waals surface area contributed by atoms with Crippen LogP contribution in [0.2, 0.25) is 0 Å². The summed E-state index contributed by atoms with van der Waals surface area (Å²) in [6, 6.07) is 1.72. The fourth-order valence-electron chi connectivity index (χ4n) is 3.16. The van der Waals surface area contributed by atoms with Crippen LogP contribution in [0.5, 0.6) is 0 Å². The predicted octanol–water partition coefficient (Wildman–Crippen LogP) is -2.81. The maximum Gasteiger partial charge on any atom is 1.00 e. The van der Waals surface area contributed by atoms with Gasteiger partial charge < -0.3 is 21.0 Å². The Hall–Kier alpha value is -0.554. The first kappa shape index (κ1) is 26.1. The topological polar surface area (TPSA) is 146 Å². The Morgan fingerprint density at radius 1 is 1.34 bits per heavy atom. The van der Waals surface area contributed by atoms with Crippen LogP contribution in [0.25, 0.3) is 0 Å². The van der Waals surface area contributed by atoms with Crippen LogP contribution in [0.4, 0.5) is 0 Å². The molecule has 162 valence electrons. The predicted molar refractivity (Wildman–Crippen MR) is 117 cm³/mol. The molecule has 1 fully saturated rings. The standard InChI is InChI=1S/C18H16N4O5S4.K/c19-10(9-2-1-4-28-9)13(23)21-11-15(24)22-12(17(25)26)8(6-30-16(11)22)7-31-18(27)14-20-3-5-29-14;/h1-5,10-11,16H,6-7,19H2,(H,21,23)(H,25,26);/q;+1/p-1/t10?,11?,16-;/m1./s1. The van der Waals surface area contributed by atoms with Gasteiger partial charge in [-0.2, -0.15) is 0 Å². The average molecular weight is 535 g/mol. The van der Waals surface area contributed by atoms with Crippen LogP contribution < -0.4 is 67.5 Å². The molecule has 0 bridgehead atoms. The Morgan fingerprint density at radius 3 is 2.75 bits per heavy atom. The molecule has 3 N–H and O–H groups in total. The van der Waals surface area contributed by atoms with E-state index in [0.717, 1.165) is 16.7 Å². The second-order valence-electron chi connectivity index (χ2n) is 6.54. The van der Waals surface area contributed by atoms with E-state index in [1.54, 1.807) is 22.9 Å². The number of carboxylic acids is 1. The molecule has 2 unspecified atom stereocenters. The van der Waals surface area contributed by atoms with Crippen LogP contribution in [0.15, 0.2) is 40.4 Å². The van der Waals surface area contributed by atoms with Gasteiger partial charge >= 0.3 is 51.4 Å². The van der Waals surface area contributed by atoms with Gasteiger partial charge in [-0.3, -0.25) is 19.3 Å². The van der Waals surface area contributed by atoms with Crippen molar-refractivity contribution in [3.8, 4) is 0 Å². The minimum absolute atomic E-state index is 0. The Morgan fingerprint density at radius 2 is 2.12 bits per heavy atom. The molecule has 0 radical (unpaired) electrons. The van der Waals surface area contributed by atoms with Crippen molar-refractivity contribution in [1.82, 2.24) is 15.2 Å². The summed E-state index contributed by atoms with van der Waals surface area (Å²) in [5.41, 5.74) is 6.13. The fourth-order valence-corrected chi connectivity index (χ4v) is 6.87. The molecule has 3 atom stereocenters. The molecule has 2 aromatic heterocycles. The van der Waals surface area contributed by atoms with E-state index in [1.807, 2.05) is 0 Å². The molecule has 32 heavy (non-hydrogen) atoms. The zero-order chi connectivity index (χ0) is 22.1. The smallest absolute Gasteiger partial charge is 0.543 e. The number of β-lactam (4-membered cyclic amide) rings is 1. The molecule has 0 aliphatic carbocycles. The van der Waals surface area contributed by atoms with Crippen molar-refractivity contribution in [2.75, 3.05) is 11.5 Å². The van der Waals surface area contributed by atoms with E-state index < -0.39 is 35.2 Å². The summed E-state index contributed by atoms with van der Waals surface area (Å²) >= 11 is 4.78. The number of thiazole rings is 1. The monoisotopic (exact) mass is 534 g/mol. The molecule has 14 heteroatoms. The van der Waals surface area contributed by atoms with Gasteiger partial charge in [-0.05, 0) is 17.0 Å². The third-order valence-corrected chi connectivity index (χ3v) is 8.80. The van der Waals surface area contributed by atoms with Crippen LogP contribution >= 0.6 is 46.2 Å². The van der Waals surface area contributed by atoms with Crippen LogP contribution in [0, 0.1) is 0 Å². The molecule has 1 saturated heterocycles. The normalized spacial score (nSPS) is 20.7. The number of nitrogens with zero attached hydrogens (tertiary/aromatic N) is 2. The van der Waals surface area contributed by atoms with E-state index in [1.165, 1.54) is 40.6 Å². The number of fused-ring (bicyclic) bond motifs is 1. The molecular weight excluding hydrogens is 520 g/mol. The van der Waals surface area contributed by atoms with Gasteiger partial charge in [-0.25, -0.2) is 4.98 Å². The molecule has 2 amide bonds. The van der Waals surface area contributed by atoms with Crippen molar-refractivity contribution < 1.29 is 75.7 Å². The molecule has 0 saturated carbocycles. The van der Waals surface area contributed by atoms with Crippen molar-refractivity contribution in [1.29, 1.82) is 0 Å². The summed E-state index contributed by atoms with van der Waals surface area (Å²) in [5, 5.41) is 17.4. The van der Waals surface area contributed by atoms with E-state index in [-0.39, 0.29) is 67.9 Å². The number of nitrogens with two attached hydrogens (primary N) is 1. The number of aliphatic carboxylic acids is 1. The first-order valence-corrected chi connectivity index (χ1v) is 12.7. The summed E-state index contributed by atoms with van der Waals surface area (Å²) in [4.78, 5) is 54.8. The van der Waals surface area contributed by atoms with Crippen molar-refractivity contribution in [3.05, 3.63) is 50.2 Å². The molecule has 2 aliphatic rings. The number of carbonyl (C=O) groups is 4. The molecule has 4 heterocycles. The number of hydrogen-bond donors (Lipinski definition) is 2. The van der Waals surface area contributed by atoms with E-state index in [2.05, 4.69) is 10.3 Å². The van der Waals surface area contributed by atoms with Crippen LogP contribution in [0.3, 0.4) is 0 Å². The second-order valence-corrected chi connectivity index (χ2v) is 10.5. The Bertz CT molecular complexity index is 1060. The molecule has 4 rings (SSSR count). The number of amides is 2. The number of rotatable bonds is 7. The van der Waals surface area contributed by atoms with Gasteiger partial charge in [0.15, 0.2) is 5.01 Å². The molecule has 9 nitrogen and oxygen atoms in total. The fraction of sp³-hybridized carbons (Fsp3) is 0.278. The van der Waals surface area contributed by atoms with Gasteiger partial charge in [0.05, 0.1) is 11.7 Å². The van der Waals surface area contributed by atoms with E-state index in [4.69, 9.17) is 5.73 Å². The first-order chi connectivity index (χ1) is 14.9. The summed E-state index contributed by atoms with van der Waals surface area (Å²) in [6.07, 6.45) is 1.52. The number of carboxylic acid groups (broad SMARTS) is 1. The number of thiophene rings is 1. The summed E-state index contributed by atoms with van der Waals surface area (Å²) in [5.74, 6) is -2.14. The van der Waals surface area contributed by atoms with Crippen molar-refractivity contribution in [3.63, 3.8) is 0 Å². The minimum atomic E-state index is -1.49. The van der Waals surface area contributed by atoms with Gasteiger partial charge in [0.25, 0.3) is 5.91 Å². The van der Waals surface area contributed by atoms with Crippen LogP contribution in [-0.2, 0) is 14.4 Å². The number of thioether (sulfide) groups is 2.